The lowest BCUT2D eigenvalue weighted by Gasteiger charge is -2.09. The topological polar surface area (TPSA) is 64.3 Å². The van der Waals surface area contributed by atoms with Crippen molar-refractivity contribution >= 4 is 5.91 Å². The van der Waals surface area contributed by atoms with Gasteiger partial charge in [0.25, 0.3) is 0 Å². The molecule has 0 spiro atoms. The van der Waals surface area contributed by atoms with Gasteiger partial charge in [-0.3, -0.25) is 4.79 Å². The summed E-state index contributed by atoms with van der Waals surface area (Å²) < 4.78 is 5.20. The monoisotopic (exact) mass is 284 g/mol. The number of hydrogen-bond donors (Lipinski definition) is 2. The van der Waals surface area contributed by atoms with Crippen LogP contribution in [0.4, 0.5) is 0 Å². The molecule has 0 fully saturated rings. The number of amides is 1. The van der Waals surface area contributed by atoms with Crippen LogP contribution in [-0.4, -0.2) is 19.6 Å². The lowest BCUT2D eigenvalue weighted by Crippen LogP contribution is -2.20. The summed E-state index contributed by atoms with van der Waals surface area (Å²) in [6.07, 6.45) is 0.899. The molecule has 2 aromatic carbocycles. The number of rotatable bonds is 7. The molecule has 4 heteroatoms. The lowest BCUT2D eigenvalue weighted by atomic mass is 10.1. The second kappa shape index (κ2) is 7.45. The summed E-state index contributed by atoms with van der Waals surface area (Å²) in [6.45, 7) is 1.45. The van der Waals surface area contributed by atoms with Crippen molar-refractivity contribution in [1.82, 2.24) is 5.32 Å². The maximum Gasteiger partial charge on any atom is 0.249 e. The quantitative estimate of drug-likeness (QED) is 0.766. The van der Waals surface area contributed by atoms with Crippen LogP contribution >= 0.6 is 0 Å². The van der Waals surface area contributed by atoms with Gasteiger partial charge in [-0.15, -0.1) is 0 Å². The van der Waals surface area contributed by atoms with E-state index in [0.717, 1.165) is 24.3 Å². The molecule has 0 aliphatic heterocycles. The minimum Gasteiger partial charge on any atom is -0.497 e. The van der Waals surface area contributed by atoms with E-state index in [1.807, 2.05) is 36.4 Å². The van der Waals surface area contributed by atoms with Crippen LogP contribution in [0, 0.1) is 0 Å². The predicted octanol–water partition coefficient (Wildman–Crippen LogP) is 2.13. The van der Waals surface area contributed by atoms with Crippen LogP contribution < -0.4 is 15.8 Å². The van der Waals surface area contributed by atoms with Crippen molar-refractivity contribution in [2.45, 2.75) is 13.0 Å². The zero-order valence-corrected chi connectivity index (χ0v) is 12.1. The SMILES string of the molecule is COc1cccc(CCNCc2ccccc2C(N)=O)c1. The highest BCUT2D eigenvalue weighted by Gasteiger charge is 2.06. The van der Waals surface area contributed by atoms with Crippen molar-refractivity contribution in [3.63, 3.8) is 0 Å². The number of carbonyl (C=O) groups is 1. The minimum atomic E-state index is -0.389. The maximum atomic E-state index is 11.3. The molecule has 0 saturated heterocycles. The summed E-state index contributed by atoms with van der Waals surface area (Å²) in [5.74, 6) is 0.478. The second-order valence-electron chi connectivity index (χ2n) is 4.80. The highest BCUT2D eigenvalue weighted by Crippen LogP contribution is 2.13. The fourth-order valence-electron chi connectivity index (χ4n) is 2.20. The molecule has 0 heterocycles. The minimum absolute atomic E-state index is 0.389. The molecule has 4 nitrogen and oxygen atoms in total. The third kappa shape index (κ3) is 4.33. The van der Waals surface area contributed by atoms with E-state index in [4.69, 9.17) is 10.5 Å². The van der Waals surface area contributed by atoms with Crippen LogP contribution in [0.25, 0.3) is 0 Å². The standard InChI is InChI=1S/C17H20N2O2/c1-21-15-7-4-5-13(11-15)9-10-19-12-14-6-2-3-8-16(14)17(18)20/h2-8,11,19H,9-10,12H2,1H3,(H2,18,20). The zero-order chi connectivity index (χ0) is 15.1. The maximum absolute atomic E-state index is 11.3. The Hall–Kier alpha value is -2.33. The number of methoxy groups -OCH3 is 1. The third-order valence-electron chi connectivity index (χ3n) is 3.32. The molecule has 0 aliphatic rings. The molecule has 2 aromatic rings. The Morgan fingerprint density at radius 2 is 2.00 bits per heavy atom. The smallest absolute Gasteiger partial charge is 0.249 e. The highest BCUT2D eigenvalue weighted by atomic mass is 16.5. The summed E-state index contributed by atoms with van der Waals surface area (Å²) >= 11 is 0. The zero-order valence-electron chi connectivity index (χ0n) is 12.1. The van der Waals surface area contributed by atoms with Crippen molar-refractivity contribution in [3.05, 3.63) is 65.2 Å². The van der Waals surface area contributed by atoms with Gasteiger partial charge in [0.2, 0.25) is 5.91 Å². The van der Waals surface area contributed by atoms with E-state index in [9.17, 15) is 4.79 Å². The van der Waals surface area contributed by atoms with E-state index in [1.165, 1.54) is 5.56 Å². The van der Waals surface area contributed by atoms with Gasteiger partial charge in [-0.1, -0.05) is 30.3 Å². The van der Waals surface area contributed by atoms with E-state index < -0.39 is 0 Å². The Bertz CT molecular complexity index is 611. The number of ether oxygens (including phenoxy) is 1. The first-order chi connectivity index (χ1) is 10.2. The Morgan fingerprint density at radius 1 is 1.19 bits per heavy atom. The molecular weight excluding hydrogens is 264 g/mol. The Morgan fingerprint density at radius 3 is 2.76 bits per heavy atom. The van der Waals surface area contributed by atoms with Crippen LogP contribution in [0.15, 0.2) is 48.5 Å². The van der Waals surface area contributed by atoms with E-state index in [1.54, 1.807) is 13.2 Å². The molecule has 2 rings (SSSR count). The van der Waals surface area contributed by atoms with Crippen molar-refractivity contribution < 1.29 is 9.53 Å². The second-order valence-corrected chi connectivity index (χ2v) is 4.80. The molecule has 110 valence electrons. The molecule has 0 saturated carbocycles. The third-order valence-corrected chi connectivity index (χ3v) is 3.32. The number of primary amides is 1. The average molecular weight is 284 g/mol. The van der Waals surface area contributed by atoms with E-state index in [-0.39, 0.29) is 5.91 Å². The first kappa shape index (κ1) is 15.1. The van der Waals surface area contributed by atoms with E-state index >= 15 is 0 Å². The average Bonchev–Trinajstić information content (AvgIpc) is 2.52. The van der Waals surface area contributed by atoms with Gasteiger partial charge >= 0.3 is 0 Å². The molecular formula is C17H20N2O2. The molecule has 0 atom stereocenters. The fraction of sp³-hybridized carbons (Fsp3) is 0.235. The predicted molar refractivity (Wildman–Crippen MR) is 83.4 cm³/mol. The summed E-state index contributed by atoms with van der Waals surface area (Å²) in [5.41, 5.74) is 8.08. The number of nitrogens with one attached hydrogen (secondary N) is 1. The van der Waals surface area contributed by atoms with Crippen molar-refractivity contribution in [2.75, 3.05) is 13.7 Å². The first-order valence-corrected chi connectivity index (χ1v) is 6.92. The van der Waals surface area contributed by atoms with E-state index in [0.29, 0.717) is 12.1 Å². The first-order valence-electron chi connectivity index (χ1n) is 6.92. The molecule has 3 N–H and O–H groups in total. The van der Waals surface area contributed by atoms with Gasteiger partial charge < -0.3 is 15.8 Å². The van der Waals surface area contributed by atoms with Gasteiger partial charge in [-0.2, -0.15) is 0 Å². The molecule has 21 heavy (non-hydrogen) atoms. The highest BCUT2D eigenvalue weighted by molar-refractivity contribution is 5.94. The Balaban J connectivity index is 1.86. The normalized spacial score (nSPS) is 10.3. The Labute approximate surface area is 124 Å². The molecule has 0 aliphatic carbocycles. The van der Waals surface area contributed by atoms with Crippen molar-refractivity contribution in [3.8, 4) is 5.75 Å². The summed E-state index contributed by atoms with van der Waals surface area (Å²) in [5, 5.41) is 3.33. The number of nitrogens with two attached hydrogens (primary N) is 1. The van der Waals surface area contributed by atoms with Gasteiger partial charge in [-0.05, 0) is 42.3 Å². The van der Waals surface area contributed by atoms with Gasteiger partial charge in [0.05, 0.1) is 7.11 Å². The van der Waals surface area contributed by atoms with Gasteiger partial charge in [0.1, 0.15) is 5.75 Å². The van der Waals surface area contributed by atoms with Crippen molar-refractivity contribution in [2.24, 2.45) is 5.73 Å². The van der Waals surface area contributed by atoms with Gasteiger partial charge in [0, 0.05) is 12.1 Å². The summed E-state index contributed by atoms with van der Waals surface area (Å²) in [6, 6.07) is 15.4. The Kier molecular flexibility index (Phi) is 5.35. The fourth-order valence-corrected chi connectivity index (χ4v) is 2.20. The molecule has 0 radical (unpaired) electrons. The van der Waals surface area contributed by atoms with Gasteiger partial charge in [0.15, 0.2) is 0 Å². The number of benzene rings is 2. The molecule has 0 aromatic heterocycles. The summed E-state index contributed by atoms with van der Waals surface area (Å²) in [7, 11) is 1.66. The molecule has 1 amide bonds. The number of hydrogen-bond acceptors (Lipinski definition) is 3. The van der Waals surface area contributed by atoms with Gasteiger partial charge in [-0.25, -0.2) is 0 Å². The van der Waals surface area contributed by atoms with Crippen LogP contribution in [0.3, 0.4) is 0 Å². The van der Waals surface area contributed by atoms with Crippen molar-refractivity contribution in [1.29, 1.82) is 0 Å². The summed E-state index contributed by atoms with van der Waals surface area (Å²) in [4.78, 5) is 11.3. The van der Waals surface area contributed by atoms with Crippen LogP contribution in [-0.2, 0) is 13.0 Å². The largest absolute Gasteiger partial charge is 0.497 e. The van der Waals surface area contributed by atoms with E-state index in [2.05, 4.69) is 11.4 Å². The van der Waals surface area contributed by atoms with Crippen LogP contribution in [0.2, 0.25) is 0 Å². The molecule has 0 bridgehead atoms. The van der Waals surface area contributed by atoms with Crippen LogP contribution in [0.5, 0.6) is 5.75 Å². The van der Waals surface area contributed by atoms with Crippen LogP contribution in [0.1, 0.15) is 21.5 Å². The lowest BCUT2D eigenvalue weighted by molar-refractivity contribution is 0.0999. The number of carbonyl (C=O) groups excluding carboxylic acids is 1. The molecule has 0 unspecified atom stereocenters.